The summed E-state index contributed by atoms with van der Waals surface area (Å²) in [5, 5.41) is 20.1. The minimum atomic E-state index is -3.98. The smallest absolute Gasteiger partial charge is 0.428 e. The van der Waals surface area contributed by atoms with Crippen molar-refractivity contribution in [2.45, 2.75) is 64.3 Å². The Labute approximate surface area is 294 Å². The normalized spacial score (nSPS) is 14.5. The van der Waals surface area contributed by atoms with Gasteiger partial charge in [0.15, 0.2) is 0 Å². The molecule has 3 amide bonds. The highest BCUT2D eigenvalue weighted by atomic mass is 32.2. The second kappa shape index (κ2) is 17.5. The summed E-state index contributed by atoms with van der Waals surface area (Å²) in [6.45, 7) is 7.48. The maximum absolute atomic E-state index is 13.1. The fraction of sp³-hybridized carbons (Fsp3) is 0.444. The number of piperidine rings is 1. The van der Waals surface area contributed by atoms with Gasteiger partial charge in [0.05, 0.1) is 11.9 Å². The molecule has 1 atom stereocenters. The van der Waals surface area contributed by atoms with Gasteiger partial charge < -0.3 is 35.4 Å². The zero-order chi connectivity index (χ0) is 36.3. The first kappa shape index (κ1) is 38.4. The van der Waals surface area contributed by atoms with Crippen LogP contribution < -0.4 is 25.0 Å². The summed E-state index contributed by atoms with van der Waals surface area (Å²) in [6, 6.07) is 20.5. The summed E-state index contributed by atoms with van der Waals surface area (Å²) in [7, 11) is -3.98. The predicted octanol–water partition coefficient (Wildman–Crippen LogP) is 4.88. The van der Waals surface area contributed by atoms with Gasteiger partial charge in [-0.1, -0.05) is 30.3 Å². The monoisotopic (exact) mass is 713 g/mol. The van der Waals surface area contributed by atoms with Gasteiger partial charge in [-0.05, 0) is 94.1 Å². The van der Waals surface area contributed by atoms with Crippen LogP contribution in [-0.2, 0) is 27.7 Å². The number of aliphatic hydroxyl groups excluding tert-OH is 1. The fourth-order valence-electron chi connectivity index (χ4n) is 5.31. The molecule has 0 spiro atoms. The van der Waals surface area contributed by atoms with Crippen LogP contribution in [0.1, 0.15) is 44.7 Å². The third-order valence-electron chi connectivity index (χ3n) is 7.82. The number of likely N-dealkylation sites (tertiary alicyclic amines) is 1. The number of ether oxygens (including phenoxy) is 2. The minimum absolute atomic E-state index is 0.0400. The van der Waals surface area contributed by atoms with E-state index in [-0.39, 0.29) is 36.7 Å². The third-order valence-corrected chi connectivity index (χ3v) is 8.84. The predicted molar refractivity (Wildman–Crippen MR) is 191 cm³/mol. The Morgan fingerprint density at radius 2 is 1.68 bits per heavy atom. The molecule has 0 radical (unpaired) electrons. The van der Waals surface area contributed by atoms with Crippen LogP contribution in [0.15, 0.2) is 72.8 Å². The van der Waals surface area contributed by atoms with Gasteiger partial charge in [-0.15, -0.1) is 0 Å². The van der Waals surface area contributed by atoms with E-state index in [9.17, 15) is 27.5 Å². The highest BCUT2D eigenvalue weighted by molar-refractivity contribution is 7.92. The van der Waals surface area contributed by atoms with Gasteiger partial charge in [-0.25, -0.2) is 22.4 Å². The van der Waals surface area contributed by atoms with E-state index in [4.69, 9.17) is 9.47 Å². The Morgan fingerprint density at radius 1 is 1.02 bits per heavy atom. The van der Waals surface area contributed by atoms with Crippen molar-refractivity contribution in [2.24, 2.45) is 0 Å². The zero-order valence-electron chi connectivity index (χ0n) is 29.0. The quantitative estimate of drug-likeness (QED) is 0.172. The van der Waals surface area contributed by atoms with Crippen LogP contribution in [0.25, 0.3) is 0 Å². The number of hydrogen-bond donors (Lipinski definition) is 4. The molecule has 4 rings (SSSR count). The lowest BCUT2D eigenvalue weighted by Crippen LogP contribution is -2.46. The van der Waals surface area contributed by atoms with Gasteiger partial charge in [0.2, 0.25) is 10.0 Å². The van der Waals surface area contributed by atoms with Crippen LogP contribution in [0.5, 0.6) is 5.75 Å². The molecule has 50 heavy (non-hydrogen) atoms. The Kier molecular flexibility index (Phi) is 13.4. The van der Waals surface area contributed by atoms with Gasteiger partial charge in [-0.2, -0.15) is 4.31 Å². The summed E-state index contributed by atoms with van der Waals surface area (Å²) < 4.78 is 49.4. The van der Waals surface area contributed by atoms with Crippen LogP contribution in [0.3, 0.4) is 0 Å². The molecule has 0 bridgehead atoms. The number of halogens is 1. The SMILES string of the molecule is CC(C)(C)OC(=O)N(c1cccc(OC[C@@H](O)CNCCc2ccc(NC3CCN(C(=O)NCc4ccc(F)cc4)CC3)cc2)c1)S(C)(=O)=O. The van der Waals surface area contributed by atoms with Gasteiger partial charge in [0, 0.05) is 44.0 Å². The lowest BCUT2D eigenvalue weighted by molar-refractivity contribution is 0.0609. The summed E-state index contributed by atoms with van der Waals surface area (Å²) in [5.74, 6) is -0.00665. The maximum Gasteiger partial charge on any atom is 0.428 e. The van der Waals surface area contributed by atoms with Gasteiger partial charge in [-0.3, -0.25) is 0 Å². The number of aliphatic hydroxyl groups is 1. The fourth-order valence-corrected chi connectivity index (χ4v) is 6.11. The first-order valence-corrected chi connectivity index (χ1v) is 18.5. The first-order chi connectivity index (χ1) is 23.7. The Morgan fingerprint density at radius 3 is 2.32 bits per heavy atom. The number of amides is 3. The minimum Gasteiger partial charge on any atom is -0.491 e. The van der Waals surface area contributed by atoms with Gasteiger partial charge >= 0.3 is 12.1 Å². The van der Waals surface area contributed by atoms with Gasteiger partial charge in [0.1, 0.15) is 29.9 Å². The second-order valence-electron chi connectivity index (χ2n) is 13.3. The van der Waals surface area contributed by atoms with Crippen molar-refractivity contribution < 1.29 is 37.0 Å². The molecule has 1 saturated heterocycles. The molecule has 0 aromatic heterocycles. The Bertz CT molecular complexity index is 1660. The largest absolute Gasteiger partial charge is 0.491 e. The average molecular weight is 714 g/mol. The molecule has 3 aromatic carbocycles. The van der Waals surface area contributed by atoms with Crippen molar-refractivity contribution in [1.82, 2.24) is 15.5 Å². The number of nitrogens with one attached hydrogen (secondary N) is 3. The molecule has 0 unspecified atom stereocenters. The Hall–Kier alpha value is -4.40. The first-order valence-electron chi connectivity index (χ1n) is 16.6. The number of sulfonamides is 1. The molecule has 0 aliphatic carbocycles. The standard InChI is InChI=1S/C36H48FN5O7S/c1-36(2,3)49-35(45)42(50(4,46)47)31-6-5-7-33(22-31)48-25-32(43)24-38-19-16-26-10-14-29(15-11-26)40-30-17-20-41(21-18-30)34(44)39-23-27-8-12-28(37)13-9-27/h5-15,22,30,32,38,40,43H,16-21,23-25H2,1-4H3,(H,39,44)/t32-/m0/s1. The molecule has 1 fully saturated rings. The summed E-state index contributed by atoms with van der Waals surface area (Å²) >= 11 is 0. The topological polar surface area (TPSA) is 150 Å². The van der Waals surface area contributed by atoms with Crippen LogP contribution in [0.4, 0.5) is 25.4 Å². The van der Waals surface area contributed by atoms with E-state index in [1.807, 2.05) is 17.0 Å². The van der Waals surface area contributed by atoms with Crippen molar-refractivity contribution >= 4 is 33.5 Å². The molecule has 4 N–H and O–H groups in total. The number of hydrogen-bond acceptors (Lipinski definition) is 9. The molecule has 1 heterocycles. The maximum atomic E-state index is 13.1. The van der Waals surface area contributed by atoms with Crippen LogP contribution in [-0.4, -0.2) is 87.3 Å². The molecule has 3 aromatic rings. The third kappa shape index (κ3) is 12.5. The van der Waals surface area contributed by atoms with E-state index in [1.165, 1.54) is 24.3 Å². The number of carbonyl (C=O) groups excluding carboxylic acids is 2. The van der Waals surface area contributed by atoms with Crippen molar-refractivity contribution in [1.29, 1.82) is 0 Å². The summed E-state index contributed by atoms with van der Waals surface area (Å²) in [5.41, 5.74) is 2.19. The molecular weight excluding hydrogens is 665 g/mol. The molecule has 12 nitrogen and oxygen atoms in total. The zero-order valence-corrected chi connectivity index (χ0v) is 29.8. The number of benzene rings is 3. The van der Waals surface area contributed by atoms with E-state index < -0.39 is 27.8 Å². The van der Waals surface area contributed by atoms with E-state index >= 15 is 0 Å². The number of carbonyl (C=O) groups is 2. The van der Waals surface area contributed by atoms with Crippen LogP contribution in [0, 0.1) is 5.82 Å². The molecule has 0 saturated carbocycles. The lowest BCUT2D eigenvalue weighted by atomic mass is 10.0. The van der Waals surface area contributed by atoms with E-state index in [1.54, 1.807) is 45.0 Å². The molecule has 272 valence electrons. The highest BCUT2D eigenvalue weighted by Gasteiger charge is 2.30. The lowest BCUT2D eigenvalue weighted by Gasteiger charge is -2.33. The number of urea groups is 1. The Balaban J connectivity index is 1.13. The molecular formula is C36H48FN5O7S. The number of nitrogens with zero attached hydrogens (tertiary/aromatic N) is 2. The van der Waals surface area contributed by atoms with Gasteiger partial charge in [0.25, 0.3) is 0 Å². The van der Waals surface area contributed by atoms with E-state index in [0.29, 0.717) is 36.2 Å². The van der Waals surface area contributed by atoms with Crippen molar-refractivity contribution in [3.05, 3.63) is 89.7 Å². The molecule has 14 heteroatoms. The molecule has 1 aliphatic rings. The average Bonchev–Trinajstić information content (AvgIpc) is 3.05. The highest BCUT2D eigenvalue weighted by Crippen LogP contribution is 2.26. The summed E-state index contributed by atoms with van der Waals surface area (Å²) in [6.07, 6.45) is 1.49. The van der Waals surface area contributed by atoms with Crippen LogP contribution in [0.2, 0.25) is 0 Å². The molecule has 1 aliphatic heterocycles. The van der Waals surface area contributed by atoms with Crippen LogP contribution >= 0.6 is 0 Å². The van der Waals surface area contributed by atoms with Crippen molar-refractivity contribution in [3.63, 3.8) is 0 Å². The van der Waals surface area contributed by atoms with Crippen molar-refractivity contribution in [3.8, 4) is 5.75 Å². The van der Waals surface area contributed by atoms with E-state index in [0.717, 1.165) is 42.3 Å². The van der Waals surface area contributed by atoms with Crippen molar-refractivity contribution in [2.75, 3.05) is 48.7 Å². The number of anilines is 2. The summed E-state index contributed by atoms with van der Waals surface area (Å²) in [4.78, 5) is 27.0. The second-order valence-corrected chi connectivity index (χ2v) is 15.1. The van der Waals surface area contributed by atoms with E-state index in [2.05, 4.69) is 28.1 Å². The number of rotatable bonds is 14.